The molecule has 4 aromatic carbocycles. The third-order valence-electron chi connectivity index (χ3n) is 7.76. The fraction of sp³-hybridized carbons (Fsp3) is 0.233. The van der Waals surface area contributed by atoms with Crippen molar-refractivity contribution < 1.29 is 47.6 Å². The van der Waals surface area contributed by atoms with Gasteiger partial charge in [-0.05, 0) is 141 Å². The first-order chi connectivity index (χ1) is 26.1. The van der Waals surface area contributed by atoms with Gasteiger partial charge in [0, 0.05) is 18.4 Å². The lowest BCUT2D eigenvalue weighted by Crippen LogP contribution is -2.09. The smallest absolute Gasteiger partial charge is 0.343 e. The van der Waals surface area contributed by atoms with Gasteiger partial charge in [0.25, 0.3) is 0 Å². The Hall–Kier alpha value is -6.49. The Balaban J connectivity index is 1.22. The Morgan fingerprint density at radius 3 is 1.54 bits per heavy atom. The number of nitrogens with zero attached hydrogens (tertiary/aromatic N) is 1. The summed E-state index contributed by atoms with van der Waals surface area (Å²) in [5, 5.41) is 0. The summed E-state index contributed by atoms with van der Waals surface area (Å²) in [6.45, 7) is 11.9. The minimum absolute atomic E-state index is 0.304. The summed E-state index contributed by atoms with van der Waals surface area (Å²) in [5.74, 6) is 0.162. The first kappa shape index (κ1) is 40.3. The number of ether oxygens (including phenoxy) is 6. The number of carbonyl (C=O) groups is 4. The van der Waals surface area contributed by atoms with Gasteiger partial charge in [-0.15, -0.1) is 0 Å². The van der Waals surface area contributed by atoms with E-state index >= 15 is 0 Å². The zero-order chi connectivity index (χ0) is 38.7. The van der Waals surface area contributed by atoms with Gasteiger partial charge >= 0.3 is 23.9 Å². The number of aryl methyl sites for hydroxylation is 2. The highest BCUT2D eigenvalue weighted by molar-refractivity contribution is 5.92. The maximum Gasteiger partial charge on any atom is 0.343 e. The molecule has 54 heavy (non-hydrogen) atoms. The number of hydrogen-bond acceptors (Lipinski definition) is 11. The van der Waals surface area contributed by atoms with Crippen molar-refractivity contribution in [2.75, 3.05) is 26.4 Å². The normalized spacial score (nSPS) is 10.6. The molecule has 0 N–H and O–H groups in total. The van der Waals surface area contributed by atoms with E-state index in [-0.39, 0.29) is 0 Å². The van der Waals surface area contributed by atoms with E-state index in [1.807, 2.05) is 19.9 Å². The molecule has 0 atom stereocenters. The Morgan fingerprint density at radius 2 is 1.04 bits per heavy atom. The van der Waals surface area contributed by atoms with Gasteiger partial charge in [-0.2, -0.15) is 0 Å². The van der Waals surface area contributed by atoms with Crippen LogP contribution in [-0.2, 0) is 19.1 Å². The van der Waals surface area contributed by atoms with Crippen LogP contribution < -0.4 is 18.9 Å². The van der Waals surface area contributed by atoms with E-state index in [0.29, 0.717) is 91.9 Å². The van der Waals surface area contributed by atoms with Gasteiger partial charge in [0.05, 0.1) is 43.2 Å². The van der Waals surface area contributed by atoms with Gasteiger partial charge in [-0.1, -0.05) is 13.2 Å². The van der Waals surface area contributed by atoms with Gasteiger partial charge < -0.3 is 28.4 Å². The fourth-order valence-corrected chi connectivity index (χ4v) is 4.74. The highest BCUT2D eigenvalue weighted by atomic mass is 16.5. The van der Waals surface area contributed by atoms with E-state index in [1.54, 1.807) is 85.1 Å². The second-order valence-corrected chi connectivity index (χ2v) is 11.9. The first-order valence-corrected chi connectivity index (χ1v) is 17.4. The van der Waals surface area contributed by atoms with Crippen LogP contribution in [0.1, 0.15) is 63.1 Å². The van der Waals surface area contributed by atoms with Crippen LogP contribution in [0.15, 0.2) is 115 Å². The summed E-state index contributed by atoms with van der Waals surface area (Å²) < 4.78 is 32.5. The molecule has 4 rings (SSSR count). The lowest BCUT2D eigenvalue weighted by atomic mass is 10.1. The van der Waals surface area contributed by atoms with Crippen LogP contribution in [0, 0.1) is 13.8 Å². The topological polar surface area (TPSA) is 136 Å². The SMILES string of the molecule is C=CC(=O)OCCCCOc1ccc(C(=O)Oc2ccc(C=Nc3cc(C)c(OC(=O)c4ccc(OCCCCOC(=O)C=C)cc4)cc3C)cc2)cc1. The molecule has 0 amide bonds. The van der Waals surface area contributed by atoms with E-state index in [2.05, 4.69) is 18.2 Å². The molecule has 0 aliphatic heterocycles. The van der Waals surface area contributed by atoms with E-state index in [9.17, 15) is 19.2 Å². The van der Waals surface area contributed by atoms with Crippen molar-refractivity contribution >= 4 is 35.8 Å². The minimum atomic E-state index is -0.501. The fourth-order valence-electron chi connectivity index (χ4n) is 4.74. The molecule has 0 unspecified atom stereocenters. The molecule has 0 bridgehead atoms. The van der Waals surface area contributed by atoms with E-state index in [0.717, 1.165) is 28.8 Å². The average Bonchev–Trinajstić information content (AvgIpc) is 3.18. The molecule has 0 saturated heterocycles. The van der Waals surface area contributed by atoms with Crippen molar-refractivity contribution in [2.24, 2.45) is 4.99 Å². The Bertz CT molecular complexity index is 1930. The number of carbonyl (C=O) groups excluding carboxylic acids is 4. The van der Waals surface area contributed by atoms with Crippen LogP contribution >= 0.6 is 0 Å². The molecular weight excluding hydrogens is 690 g/mol. The number of aliphatic imine (C=N–C) groups is 1. The highest BCUT2D eigenvalue weighted by Crippen LogP contribution is 2.29. The van der Waals surface area contributed by atoms with Gasteiger partial charge in [0.2, 0.25) is 0 Å². The van der Waals surface area contributed by atoms with Crippen molar-refractivity contribution in [1.29, 1.82) is 0 Å². The van der Waals surface area contributed by atoms with Crippen LogP contribution in [-0.4, -0.2) is 56.5 Å². The predicted octanol–water partition coefficient (Wildman–Crippen LogP) is 8.27. The summed E-state index contributed by atoms with van der Waals surface area (Å²) in [6, 6.07) is 23.9. The van der Waals surface area contributed by atoms with E-state index in [4.69, 9.17) is 28.4 Å². The molecule has 0 aliphatic rings. The number of rotatable bonds is 20. The second kappa shape index (κ2) is 21.1. The highest BCUT2D eigenvalue weighted by Gasteiger charge is 2.13. The van der Waals surface area contributed by atoms with Crippen molar-refractivity contribution in [3.63, 3.8) is 0 Å². The lowest BCUT2D eigenvalue weighted by molar-refractivity contribution is -0.138. The zero-order valence-corrected chi connectivity index (χ0v) is 30.4. The van der Waals surface area contributed by atoms with E-state index < -0.39 is 23.9 Å². The Kier molecular flexibility index (Phi) is 15.8. The standard InChI is InChI=1S/C43H43NO10/c1-5-40(45)51-25-9-7-23-49-35-19-13-33(14-20-35)42(47)53-37-17-11-32(12-18-37)29-44-38-27-31(4)39(28-30(38)3)54-43(48)34-15-21-36(22-16-34)50-24-8-10-26-52-41(46)6-2/h5-6,11-22,27-29H,1-2,7-10,23-26H2,3-4H3. The van der Waals surface area contributed by atoms with Gasteiger partial charge in [-0.3, -0.25) is 4.99 Å². The minimum Gasteiger partial charge on any atom is -0.494 e. The third kappa shape index (κ3) is 13.2. The summed E-state index contributed by atoms with van der Waals surface area (Å²) in [5.41, 5.74) is 3.82. The number of hydrogen-bond donors (Lipinski definition) is 0. The number of unbranched alkanes of at least 4 members (excludes halogenated alkanes) is 2. The summed E-state index contributed by atoms with van der Waals surface area (Å²) in [6.07, 6.45) is 6.69. The maximum atomic E-state index is 12.9. The Morgan fingerprint density at radius 1 is 0.574 bits per heavy atom. The molecule has 4 aromatic rings. The summed E-state index contributed by atoms with van der Waals surface area (Å²) in [7, 11) is 0. The monoisotopic (exact) mass is 733 g/mol. The van der Waals surface area contributed by atoms with Crippen LogP contribution in [0.4, 0.5) is 5.69 Å². The van der Waals surface area contributed by atoms with Crippen molar-refractivity contribution in [2.45, 2.75) is 39.5 Å². The maximum absolute atomic E-state index is 12.9. The molecule has 0 radical (unpaired) electrons. The van der Waals surface area contributed by atoms with Crippen LogP contribution in [0.2, 0.25) is 0 Å². The molecule has 0 aromatic heterocycles. The average molecular weight is 734 g/mol. The van der Waals surface area contributed by atoms with Gasteiger partial charge in [0.1, 0.15) is 23.0 Å². The van der Waals surface area contributed by atoms with E-state index in [1.165, 1.54) is 0 Å². The largest absolute Gasteiger partial charge is 0.494 e. The molecule has 11 nitrogen and oxygen atoms in total. The number of benzene rings is 4. The number of esters is 4. The van der Waals surface area contributed by atoms with Crippen molar-refractivity contribution in [1.82, 2.24) is 0 Å². The van der Waals surface area contributed by atoms with Crippen LogP contribution in [0.5, 0.6) is 23.0 Å². The zero-order valence-electron chi connectivity index (χ0n) is 30.4. The molecule has 280 valence electrons. The Labute approximate surface area is 314 Å². The second-order valence-electron chi connectivity index (χ2n) is 11.9. The third-order valence-corrected chi connectivity index (χ3v) is 7.76. The summed E-state index contributed by atoms with van der Waals surface area (Å²) in [4.78, 5) is 52.3. The summed E-state index contributed by atoms with van der Waals surface area (Å²) >= 11 is 0. The lowest BCUT2D eigenvalue weighted by Gasteiger charge is -2.11. The molecule has 0 heterocycles. The molecule has 11 heteroatoms. The van der Waals surface area contributed by atoms with Crippen LogP contribution in [0.25, 0.3) is 0 Å². The molecule has 0 aliphatic carbocycles. The van der Waals surface area contributed by atoms with Crippen molar-refractivity contribution in [3.05, 3.63) is 138 Å². The van der Waals surface area contributed by atoms with Gasteiger partial charge in [0.15, 0.2) is 0 Å². The predicted molar refractivity (Wildman–Crippen MR) is 204 cm³/mol. The first-order valence-electron chi connectivity index (χ1n) is 17.4. The molecule has 0 saturated carbocycles. The quantitative estimate of drug-likeness (QED) is 0.0287. The van der Waals surface area contributed by atoms with Crippen LogP contribution in [0.3, 0.4) is 0 Å². The molecular formula is C43H43NO10. The molecule has 0 spiro atoms. The van der Waals surface area contributed by atoms with Gasteiger partial charge in [-0.25, -0.2) is 19.2 Å². The molecule has 0 fully saturated rings. The van der Waals surface area contributed by atoms with Crippen molar-refractivity contribution in [3.8, 4) is 23.0 Å².